The molecule has 1 saturated heterocycles. The quantitative estimate of drug-likeness (QED) is 0.849. The van der Waals surface area contributed by atoms with Crippen LogP contribution in [0.2, 0.25) is 0 Å². The average Bonchev–Trinajstić information content (AvgIpc) is 2.86. The molecule has 5 heteroatoms. The van der Waals surface area contributed by atoms with Crippen LogP contribution in [0.1, 0.15) is 60.3 Å². The molecule has 1 amide bonds. The summed E-state index contributed by atoms with van der Waals surface area (Å²) in [6, 6.07) is 2.30. The predicted molar refractivity (Wildman–Crippen MR) is 87.3 cm³/mol. The van der Waals surface area contributed by atoms with E-state index in [0.29, 0.717) is 23.2 Å². The molecular formula is C18H23N3O2. The first-order valence-corrected chi connectivity index (χ1v) is 8.70. The highest BCUT2D eigenvalue weighted by atomic mass is 16.5. The number of fused-ring (bicyclic) bond motifs is 1. The van der Waals surface area contributed by atoms with Crippen molar-refractivity contribution in [1.29, 1.82) is 0 Å². The zero-order chi connectivity index (χ0) is 16.0. The Labute approximate surface area is 136 Å². The van der Waals surface area contributed by atoms with Gasteiger partial charge >= 0.3 is 0 Å². The van der Waals surface area contributed by atoms with Gasteiger partial charge in [-0.15, -0.1) is 0 Å². The zero-order valence-electron chi connectivity index (χ0n) is 13.8. The molecule has 1 aliphatic carbocycles. The molecule has 1 unspecified atom stereocenters. The lowest BCUT2D eigenvalue weighted by molar-refractivity contribution is 0.0405. The van der Waals surface area contributed by atoms with Crippen LogP contribution in [-0.4, -0.2) is 33.5 Å². The molecule has 122 valence electrons. The van der Waals surface area contributed by atoms with Gasteiger partial charge in [-0.25, -0.2) is 4.98 Å². The molecule has 1 aliphatic heterocycles. The van der Waals surface area contributed by atoms with Crippen molar-refractivity contribution in [3.05, 3.63) is 23.0 Å². The van der Waals surface area contributed by atoms with Crippen molar-refractivity contribution in [3.63, 3.8) is 0 Å². The molecule has 0 radical (unpaired) electrons. The third-order valence-electron chi connectivity index (χ3n) is 5.48. The first-order valence-electron chi connectivity index (χ1n) is 8.70. The van der Waals surface area contributed by atoms with E-state index in [-0.39, 0.29) is 5.91 Å². The Kier molecular flexibility index (Phi) is 3.58. The number of piperidine rings is 1. The van der Waals surface area contributed by atoms with E-state index in [2.05, 4.69) is 15.0 Å². The number of hydrogen-bond acceptors (Lipinski definition) is 4. The van der Waals surface area contributed by atoms with Gasteiger partial charge in [0.2, 0.25) is 0 Å². The van der Waals surface area contributed by atoms with Gasteiger partial charge in [-0.2, -0.15) is 0 Å². The van der Waals surface area contributed by atoms with Crippen LogP contribution in [0.25, 0.3) is 11.1 Å². The van der Waals surface area contributed by atoms with Crippen molar-refractivity contribution < 1.29 is 9.32 Å². The van der Waals surface area contributed by atoms with E-state index in [9.17, 15) is 4.79 Å². The number of aryl methyl sites for hydroxylation is 2. The fraction of sp³-hybridized carbons (Fsp3) is 0.611. The Balaban J connectivity index is 1.74. The van der Waals surface area contributed by atoms with Crippen molar-refractivity contribution in [2.45, 2.75) is 58.4 Å². The lowest BCUT2D eigenvalue weighted by Gasteiger charge is -2.44. The molecule has 2 aromatic rings. The number of aromatic nitrogens is 2. The maximum Gasteiger partial charge on any atom is 0.258 e. The Hall–Kier alpha value is -1.91. The van der Waals surface area contributed by atoms with Crippen molar-refractivity contribution in [2.75, 3.05) is 6.54 Å². The van der Waals surface area contributed by atoms with Crippen LogP contribution in [-0.2, 0) is 0 Å². The minimum atomic E-state index is 0.128. The molecule has 2 aliphatic rings. The fourth-order valence-corrected chi connectivity index (χ4v) is 4.07. The van der Waals surface area contributed by atoms with Crippen LogP contribution < -0.4 is 0 Å². The number of carbonyl (C=O) groups excluding carboxylic acids is 1. The number of pyridine rings is 1. The molecule has 0 spiro atoms. The fourth-order valence-electron chi connectivity index (χ4n) is 4.07. The second-order valence-corrected chi connectivity index (χ2v) is 7.01. The molecular weight excluding hydrogens is 290 g/mol. The Morgan fingerprint density at radius 3 is 2.78 bits per heavy atom. The molecule has 5 nitrogen and oxygen atoms in total. The summed E-state index contributed by atoms with van der Waals surface area (Å²) in [5.74, 6) is 0.824. The average molecular weight is 313 g/mol. The van der Waals surface area contributed by atoms with E-state index in [4.69, 9.17) is 4.52 Å². The first kappa shape index (κ1) is 14.7. The summed E-state index contributed by atoms with van der Waals surface area (Å²) < 4.78 is 5.28. The zero-order valence-corrected chi connectivity index (χ0v) is 13.8. The highest BCUT2D eigenvalue weighted by Crippen LogP contribution is 2.37. The minimum Gasteiger partial charge on any atom is -0.336 e. The molecule has 0 N–H and O–H groups in total. The third-order valence-corrected chi connectivity index (χ3v) is 5.48. The second kappa shape index (κ2) is 5.62. The molecule has 0 aromatic carbocycles. The van der Waals surface area contributed by atoms with Crippen LogP contribution in [0.4, 0.5) is 0 Å². The SMILES string of the molecule is Cc1cc(C(=O)N2CCCCC2C2CCC2)c2c(C)noc2n1. The number of amides is 1. The number of hydrogen-bond donors (Lipinski definition) is 0. The van der Waals surface area contributed by atoms with Crippen molar-refractivity contribution >= 4 is 17.0 Å². The summed E-state index contributed by atoms with van der Waals surface area (Å²) in [6.45, 7) is 4.64. The summed E-state index contributed by atoms with van der Waals surface area (Å²) in [4.78, 5) is 19.8. The Morgan fingerprint density at radius 2 is 2.04 bits per heavy atom. The standard InChI is InChI=1S/C18H23N3O2/c1-11-10-14(16-12(2)20-23-17(16)19-11)18(22)21-9-4-3-8-15(21)13-6-5-7-13/h10,13,15H,3-9H2,1-2H3. The third kappa shape index (κ3) is 2.42. The van der Waals surface area contributed by atoms with Crippen LogP contribution in [0, 0.1) is 19.8 Å². The summed E-state index contributed by atoms with van der Waals surface area (Å²) >= 11 is 0. The normalized spacial score (nSPS) is 22.3. The molecule has 23 heavy (non-hydrogen) atoms. The van der Waals surface area contributed by atoms with Gasteiger partial charge in [0.25, 0.3) is 11.6 Å². The molecule has 0 bridgehead atoms. The van der Waals surface area contributed by atoms with Gasteiger partial charge in [-0.3, -0.25) is 4.79 Å². The van der Waals surface area contributed by atoms with Crippen LogP contribution in [0.5, 0.6) is 0 Å². The van der Waals surface area contributed by atoms with Gasteiger partial charge in [0.15, 0.2) is 0 Å². The van der Waals surface area contributed by atoms with Crippen LogP contribution in [0.3, 0.4) is 0 Å². The predicted octanol–water partition coefficient (Wildman–Crippen LogP) is 3.63. The van der Waals surface area contributed by atoms with Crippen LogP contribution in [0.15, 0.2) is 10.6 Å². The van der Waals surface area contributed by atoms with Gasteiger partial charge in [-0.05, 0) is 57.9 Å². The first-order chi connectivity index (χ1) is 11.1. The van der Waals surface area contributed by atoms with Gasteiger partial charge in [0.1, 0.15) is 0 Å². The maximum atomic E-state index is 13.3. The topological polar surface area (TPSA) is 59.2 Å². The van der Waals surface area contributed by atoms with E-state index in [0.717, 1.165) is 36.2 Å². The van der Waals surface area contributed by atoms with E-state index in [1.165, 1.54) is 25.7 Å². The summed E-state index contributed by atoms with van der Waals surface area (Å²) in [5.41, 5.74) is 2.72. The van der Waals surface area contributed by atoms with Crippen molar-refractivity contribution in [3.8, 4) is 0 Å². The van der Waals surface area contributed by atoms with E-state index in [1.807, 2.05) is 19.9 Å². The van der Waals surface area contributed by atoms with E-state index < -0.39 is 0 Å². The van der Waals surface area contributed by atoms with Crippen molar-refractivity contribution in [2.24, 2.45) is 5.92 Å². The van der Waals surface area contributed by atoms with Gasteiger partial charge in [-0.1, -0.05) is 11.6 Å². The lowest BCUT2D eigenvalue weighted by Crippen LogP contribution is -2.49. The number of likely N-dealkylation sites (tertiary alicyclic amines) is 1. The van der Waals surface area contributed by atoms with E-state index >= 15 is 0 Å². The van der Waals surface area contributed by atoms with Crippen LogP contribution >= 0.6 is 0 Å². The molecule has 3 heterocycles. The highest BCUT2D eigenvalue weighted by molar-refractivity contribution is 6.06. The summed E-state index contributed by atoms with van der Waals surface area (Å²) in [7, 11) is 0. The summed E-state index contributed by atoms with van der Waals surface area (Å²) in [5, 5.41) is 4.77. The second-order valence-electron chi connectivity index (χ2n) is 7.01. The van der Waals surface area contributed by atoms with E-state index in [1.54, 1.807) is 0 Å². The Bertz CT molecular complexity index is 748. The number of rotatable bonds is 2. The summed E-state index contributed by atoms with van der Waals surface area (Å²) in [6.07, 6.45) is 7.34. The number of nitrogens with zero attached hydrogens (tertiary/aromatic N) is 3. The number of carbonyl (C=O) groups is 1. The highest BCUT2D eigenvalue weighted by Gasteiger charge is 2.36. The molecule has 2 fully saturated rings. The van der Waals surface area contributed by atoms with Gasteiger partial charge in [0.05, 0.1) is 16.6 Å². The monoisotopic (exact) mass is 313 g/mol. The molecule has 4 rings (SSSR count). The molecule has 2 aromatic heterocycles. The lowest BCUT2D eigenvalue weighted by atomic mass is 9.76. The maximum absolute atomic E-state index is 13.3. The van der Waals surface area contributed by atoms with Crippen molar-refractivity contribution in [1.82, 2.24) is 15.0 Å². The Morgan fingerprint density at radius 1 is 1.22 bits per heavy atom. The minimum absolute atomic E-state index is 0.128. The molecule has 1 saturated carbocycles. The smallest absolute Gasteiger partial charge is 0.258 e. The van der Waals surface area contributed by atoms with Gasteiger partial charge in [0, 0.05) is 18.3 Å². The van der Waals surface area contributed by atoms with Gasteiger partial charge < -0.3 is 9.42 Å². The largest absolute Gasteiger partial charge is 0.336 e. The molecule has 1 atom stereocenters.